The largest absolute Gasteiger partial charge is 0.396 e. The number of nitrogens with zero attached hydrogens (tertiary/aromatic N) is 1. The normalized spacial score (nSPS) is 12.5. The Hall–Kier alpha value is -1.23. The van der Waals surface area contributed by atoms with Crippen molar-refractivity contribution in [2.45, 2.75) is 26.3 Å². The van der Waals surface area contributed by atoms with E-state index < -0.39 is 0 Å². The lowest BCUT2D eigenvalue weighted by atomic mass is 10.0. The van der Waals surface area contributed by atoms with Crippen molar-refractivity contribution in [2.75, 3.05) is 13.2 Å². The van der Waals surface area contributed by atoms with Gasteiger partial charge in [-0.05, 0) is 24.4 Å². The fraction of sp³-hybridized carbons (Fsp3) is 0.438. The molecule has 2 aromatic rings. The van der Waals surface area contributed by atoms with Gasteiger partial charge >= 0.3 is 0 Å². The molecule has 20 heavy (non-hydrogen) atoms. The lowest BCUT2D eigenvalue weighted by Gasteiger charge is -2.13. The van der Waals surface area contributed by atoms with Crippen LogP contribution in [0.25, 0.3) is 10.4 Å². The molecule has 1 aromatic carbocycles. The summed E-state index contributed by atoms with van der Waals surface area (Å²) in [6.07, 6.45) is 3.92. The maximum atomic E-state index is 8.98. The molecular weight excluding hydrogens is 268 g/mol. The molecule has 0 aliphatic heterocycles. The number of hydrogen-bond donors (Lipinski definition) is 2. The van der Waals surface area contributed by atoms with E-state index in [1.807, 2.05) is 24.4 Å². The number of hydrogen-bond acceptors (Lipinski definition) is 4. The fourth-order valence-corrected chi connectivity index (χ4v) is 3.04. The molecule has 0 amide bonds. The third-order valence-electron chi connectivity index (χ3n) is 3.44. The highest BCUT2D eigenvalue weighted by atomic mass is 32.1. The van der Waals surface area contributed by atoms with E-state index in [2.05, 4.69) is 29.4 Å². The molecule has 2 rings (SSSR count). The highest BCUT2D eigenvalue weighted by molar-refractivity contribution is 7.15. The second-order valence-electron chi connectivity index (χ2n) is 4.90. The maximum Gasteiger partial charge on any atom is 0.107 e. The summed E-state index contributed by atoms with van der Waals surface area (Å²) in [7, 11) is 0. The lowest BCUT2D eigenvalue weighted by Crippen LogP contribution is -2.22. The second kappa shape index (κ2) is 8.15. The molecule has 108 valence electrons. The van der Waals surface area contributed by atoms with Gasteiger partial charge in [-0.3, -0.25) is 0 Å². The average molecular weight is 290 g/mol. The van der Waals surface area contributed by atoms with E-state index in [0.29, 0.717) is 5.92 Å². The summed E-state index contributed by atoms with van der Waals surface area (Å²) in [5.41, 5.74) is 1.22. The van der Waals surface area contributed by atoms with E-state index >= 15 is 0 Å². The van der Waals surface area contributed by atoms with Gasteiger partial charge in [0.15, 0.2) is 0 Å². The monoisotopic (exact) mass is 290 g/mol. The Bertz CT molecular complexity index is 498. The zero-order chi connectivity index (χ0) is 14.2. The number of aliphatic hydroxyl groups excluding tert-OH is 1. The Balaban J connectivity index is 1.84. The summed E-state index contributed by atoms with van der Waals surface area (Å²) in [4.78, 5) is 5.68. The molecule has 3 nitrogen and oxygen atoms in total. The van der Waals surface area contributed by atoms with E-state index in [4.69, 9.17) is 5.11 Å². The number of benzene rings is 1. The summed E-state index contributed by atoms with van der Waals surface area (Å²) in [6, 6.07) is 10.3. The van der Waals surface area contributed by atoms with Crippen LogP contribution in [0.1, 0.15) is 24.8 Å². The topological polar surface area (TPSA) is 45.1 Å². The van der Waals surface area contributed by atoms with Gasteiger partial charge in [-0.15, -0.1) is 11.3 Å². The van der Waals surface area contributed by atoms with Gasteiger partial charge < -0.3 is 10.4 Å². The van der Waals surface area contributed by atoms with Gasteiger partial charge in [0.25, 0.3) is 0 Å². The van der Waals surface area contributed by atoms with Crippen LogP contribution in [0.4, 0.5) is 0 Å². The number of aliphatic hydroxyl groups is 1. The van der Waals surface area contributed by atoms with E-state index in [1.54, 1.807) is 11.3 Å². The third-order valence-corrected chi connectivity index (χ3v) is 4.48. The van der Waals surface area contributed by atoms with Crippen LogP contribution in [-0.2, 0) is 6.54 Å². The molecule has 0 aliphatic carbocycles. The van der Waals surface area contributed by atoms with Gasteiger partial charge in [-0.1, -0.05) is 43.7 Å². The summed E-state index contributed by atoms with van der Waals surface area (Å²) >= 11 is 1.74. The highest BCUT2D eigenvalue weighted by Crippen LogP contribution is 2.25. The standard InChI is InChI=1S/C16H22N2OS/c1-2-13(8-9-19)10-17-12-16-18-11-15(20-16)14-6-4-3-5-7-14/h3-7,11,13,17,19H,2,8-10,12H2,1H3. The van der Waals surface area contributed by atoms with E-state index in [0.717, 1.165) is 30.9 Å². The van der Waals surface area contributed by atoms with Crippen molar-refractivity contribution in [3.05, 3.63) is 41.5 Å². The maximum absolute atomic E-state index is 8.98. The SMILES string of the molecule is CCC(CCO)CNCc1ncc(-c2ccccc2)s1. The van der Waals surface area contributed by atoms with Crippen LogP contribution >= 0.6 is 11.3 Å². The van der Waals surface area contributed by atoms with E-state index in [-0.39, 0.29) is 6.61 Å². The van der Waals surface area contributed by atoms with Crippen molar-refractivity contribution in [3.8, 4) is 10.4 Å². The van der Waals surface area contributed by atoms with Crippen molar-refractivity contribution < 1.29 is 5.11 Å². The van der Waals surface area contributed by atoms with Crippen molar-refractivity contribution >= 4 is 11.3 Å². The Kier molecular flexibility index (Phi) is 6.18. The first-order valence-corrected chi connectivity index (χ1v) is 7.96. The highest BCUT2D eigenvalue weighted by Gasteiger charge is 2.07. The molecule has 1 heterocycles. The zero-order valence-corrected chi connectivity index (χ0v) is 12.7. The van der Waals surface area contributed by atoms with Crippen LogP contribution in [0.15, 0.2) is 36.5 Å². The molecule has 0 bridgehead atoms. The van der Waals surface area contributed by atoms with Gasteiger partial charge in [-0.25, -0.2) is 4.98 Å². The van der Waals surface area contributed by atoms with Crippen LogP contribution < -0.4 is 5.32 Å². The predicted molar refractivity (Wildman–Crippen MR) is 84.7 cm³/mol. The Labute approximate surface area is 124 Å². The minimum Gasteiger partial charge on any atom is -0.396 e. The van der Waals surface area contributed by atoms with Gasteiger partial charge in [0.2, 0.25) is 0 Å². The smallest absolute Gasteiger partial charge is 0.107 e. The summed E-state index contributed by atoms with van der Waals surface area (Å²) < 4.78 is 0. The summed E-state index contributed by atoms with van der Waals surface area (Å²) in [5, 5.41) is 13.5. The Morgan fingerprint density at radius 1 is 1.30 bits per heavy atom. The average Bonchev–Trinajstić information content (AvgIpc) is 2.96. The fourth-order valence-electron chi connectivity index (χ4n) is 2.14. The molecule has 0 aliphatic rings. The minimum atomic E-state index is 0.273. The number of thiazole rings is 1. The predicted octanol–water partition coefficient (Wildman–Crippen LogP) is 3.31. The molecule has 1 unspecified atom stereocenters. The molecule has 0 spiro atoms. The van der Waals surface area contributed by atoms with Crippen LogP contribution in [0.3, 0.4) is 0 Å². The quantitative estimate of drug-likeness (QED) is 0.784. The van der Waals surface area contributed by atoms with Crippen LogP contribution in [0.2, 0.25) is 0 Å². The Morgan fingerprint density at radius 2 is 2.10 bits per heavy atom. The molecule has 4 heteroatoms. The Morgan fingerprint density at radius 3 is 2.80 bits per heavy atom. The molecule has 2 N–H and O–H groups in total. The van der Waals surface area contributed by atoms with E-state index in [1.165, 1.54) is 10.4 Å². The summed E-state index contributed by atoms with van der Waals surface area (Å²) in [6.45, 7) is 4.19. The number of nitrogens with one attached hydrogen (secondary N) is 1. The summed E-state index contributed by atoms with van der Waals surface area (Å²) in [5.74, 6) is 0.550. The van der Waals surface area contributed by atoms with Gasteiger partial charge in [0.1, 0.15) is 5.01 Å². The third kappa shape index (κ3) is 4.40. The number of rotatable bonds is 8. The van der Waals surface area contributed by atoms with Crippen LogP contribution in [0.5, 0.6) is 0 Å². The van der Waals surface area contributed by atoms with Crippen molar-refractivity contribution in [3.63, 3.8) is 0 Å². The first kappa shape index (κ1) is 15.2. The molecular formula is C16H22N2OS. The molecule has 0 fully saturated rings. The van der Waals surface area contributed by atoms with Crippen molar-refractivity contribution in [2.24, 2.45) is 5.92 Å². The van der Waals surface area contributed by atoms with Gasteiger partial charge in [-0.2, -0.15) is 0 Å². The van der Waals surface area contributed by atoms with Gasteiger partial charge in [0, 0.05) is 19.3 Å². The lowest BCUT2D eigenvalue weighted by molar-refractivity contribution is 0.251. The zero-order valence-electron chi connectivity index (χ0n) is 11.9. The molecule has 1 aromatic heterocycles. The molecule has 0 radical (unpaired) electrons. The van der Waals surface area contributed by atoms with Crippen molar-refractivity contribution in [1.82, 2.24) is 10.3 Å². The number of aromatic nitrogens is 1. The van der Waals surface area contributed by atoms with Crippen LogP contribution in [0, 0.1) is 5.92 Å². The molecule has 0 saturated carbocycles. The first-order valence-electron chi connectivity index (χ1n) is 7.15. The van der Waals surface area contributed by atoms with E-state index in [9.17, 15) is 0 Å². The minimum absolute atomic E-state index is 0.273. The molecule has 1 atom stereocenters. The van der Waals surface area contributed by atoms with Crippen molar-refractivity contribution in [1.29, 1.82) is 0 Å². The first-order chi connectivity index (χ1) is 9.83. The second-order valence-corrected chi connectivity index (χ2v) is 6.02. The van der Waals surface area contributed by atoms with Crippen LogP contribution in [-0.4, -0.2) is 23.2 Å². The molecule has 0 saturated heterocycles. The van der Waals surface area contributed by atoms with Gasteiger partial charge in [0.05, 0.1) is 4.88 Å².